The molecule has 0 radical (unpaired) electrons. The summed E-state index contributed by atoms with van der Waals surface area (Å²) >= 11 is 0. The van der Waals surface area contributed by atoms with Crippen LogP contribution in [0.3, 0.4) is 0 Å². The number of nitrogens with one attached hydrogen (secondary N) is 1. The monoisotopic (exact) mass is 367 g/mol. The van der Waals surface area contributed by atoms with Gasteiger partial charge < -0.3 is 0 Å². The van der Waals surface area contributed by atoms with E-state index in [9.17, 15) is 21.6 Å². The van der Waals surface area contributed by atoms with Crippen molar-refractivity contribution in [1.82, 2.24) is 4.72 Å². The largest absolute Gasteiger partial charge is 0.417 e. The average Bonchev–Trinajstić information content (AvgIpc) is 2.53. The minimum Gasteiger partial charge on any atom is -0.207 e. The molecule has 2 rings (SSSR count). The Bertz CT molecular complexity index is 939. The standard InChI is InChI=1S/C18H16F3NO2S/c1-13-9-10-16(12-14(13)2)25(23,24)22-11-5-7-15-6-3-4-8-17(15)18(19,20)21/h3-4,6,8-10,12,22H,11H2,1-2H3. The van der Waals surface area contributed by atoms with Gasteiger partial charge in [-0.05, 0) is 49.2 Å². The first-order valence-corrected chi connectivity index (χ1v) is 8.81. The molecular weight excluding hydrogens is 351 g/mol. The Hall–Kier alpha value is -2.30. The lowest BCUT2D eigenvalue weighted by molar-refractivity contribution is -0.137. The van der Waals surface area contributed by atoms with Crippen LogP contribution in [0.1, 0.15) is 22.3 Å². The van der Waals surface area contributed by atoms with Crippen molar-refractivity contribution in [1.29, 1.82) is 0 Å². The van der Waals surface area contributed by atoms with Gasteiger partial charge in [-0.1, -0.05) is 30.0 Å². The zero-order valence-corrected chi connectivity index (χ0v) is 14.4. The van der Waals surface area contributed by atoms with Crippen molar-refractivity contribution < 1.29 is 21.6 Å². The first-order chi connectivity index (χ1) is 11.6. The smallest absolute Gasteiger partial charge is 0.207 e. The van der Waals surface area contributed by atoms with Crippen LogP contribution in [0.25, 0.3) is 0 Å². The Morgan fingerprint density at radius 1 is 1.04 bits per heavy atom. The van der Waals surface area contributed by atoms with Gasteiger partial charge in [0, 0.05) is 5.56 Å². The predicted molar refractivity (Wildman–Crippen MR) is 89.4 cm³/mol. The predicted octanol–water partition coefficient (Wildman–Crippen LogP) is 3.65. The van der Waals surface area contributed by atoms with E-state index in [1.165, 1.54) is 30.3 Å². The average molecular weight is 367 g/mol. The van der Waals surface area contributed by atoms with E-state index in [1.807, 2.05) is 6.92 Å². The quantitative estimate of drug-likeness (QED) is 0.842. The van der Waals surface area contributed by atoms with Gasteiger partial charge in [-0.15, -0.1) is 0 Å². The van der Waals surface area contributed by atoms with Crippen LogP contribution in [-0.2, 0) is 16.2 Å². The van der Waals surface area contributed by atoms with Crippen molar-refractivity contribution in [2.24, 2.45) is 0 Å². The molecule has 0 aliphatic heterocycles. The van der Waals surface area contributed by atoms with Crippen LogP contribution in [0, 0.1) is 25.7 Å². The van der Waals surface area contributed by atoms with Gasteiger partial charge in [0.2, 0.25) is 10.0 Å². The molecule has 0 spiro atoms. The second-order valence-corrected chi connectivity index (χ2v) is 7.18. The van der Waals surface area contributed by atoms with Gasteiger partial charge >= 0.3 is 6.18 Å². The van der Waals surface area contributed by atoms with Gasteiger partial charge in [-0.2, -0.15) is 17.9 Å². The molecule has 7 heteroatoms. The highest BCUT2D eigenvalue weighted by Gasteiger charge is 2.32. The maximum Gasteiger partial charge on any atom is 0.417 e. The third-order valence-corrected chi connectivity index (χ3v) is 4.99. The van der Waals surface area contributed by atoms with Crippen molar-refractivity contribution in [3.05, 3.63) is 64.7 Å². The number of hydrogen-bond donors (Lipinski definition) is 1. The molecule has 3 nitrogen and oxygen atoms in total. The van der Waals surface area contributed by atoms with Crippen LogP contribution < -0.4 is 4.72 Å². The fourth-order valence-corrected chi connectivity index (χ4v) is 3.08. The van der Waals surface area contributed by atoms with E-state index in [2.05, 4.69) is 16.6 Å². The zero-order chi connectivity index (χ0) is 18.7. The summed E-state index contributed by atoms with van der Waals surface area (Å²) in [6.45, 7) is 3.37. The van der Waals surface area contributed by atoms with Gasteiger partial charge in [0.05, 0.1) is 17.0 Å². The minimum atomic E-state index is -4.51. The highest BCUT2D eigenvalue weighted by atomic mass is 32.2. The highest BCUT2D eigenvalue weighted by Crippen LogP contribution is 2.31. The molecule has 0 atom stereocenters. The summed E-state index contributed by atoms with van der Waals surface area (Å²) in [5.74, 6) is 4.79. The summed E-state index contributed by atoms with van der Waals surface area (Å²) < 4.78 is 65.2. The van der Waals surface area contributed by atoms with Crippen LogP contribution in [0.2, 0.25) is 0 Å². The van der Waals surface area contributed by atoms with E-state index >= 15 is 0 Å². The van der Waals surface area contributed by atoms with E-state index in [1.54, 1.807) is 13.0 Å². The van der Waals surface area contributed by atoms with Crippen LogP contribution in [0.5, 0.6) is 0 Å². The number of halogens is 3. The molecule has 0 aromatic heterocycles. The fourth-order valence-electron chi connectivity index (χ4n) is 2.07. The van der Waals surface area contributed by atoms with Crippen LogP contribution in [0.15, 0.2) is 47.4 Å². The van der Waals surface area contributed by atoms with Gasteiger partial charge in [0.1, 0.15) is 0 Å². The molecule has 0 bridgehead atoms. The molecule has 0 aliphatic rings. The SMILES string of the molecule is Cc1ccc(S(=O)(=O)NCC#Cc2ccccc2C(F)(F)F)cc1C. The Balaban J connectivity index is 2.14. The van der Waals surface area contributed by atoms with Gasteiger partial charge in [0.15, 0.2) is 0 Å². The van der Waals surface area contributed by atoms with Crippen molar-refractivity contribution in [2.75, 3.05) is 6.54 Å². The summed E-state index contributed by atoms with van der Waals surface area (Å²) in [4.78, 5) is 0.0908. The Morgan fingerprint density at radius 2 is 1.72 bits per heavy atom. The van der Waals surface area contributed by atoms with Crippen LogP contribution >= 0.6 is 0 Å². The lowest BCUT2D eigenvalue weighted by Gasteiger charge is -2.08. The lowest BCUT2D eigenvalue weighted by atomic mass is 10.1. The molecule has 0 fully saturated rings. The van der Waals surface area contributed by atoms with Gasteiger partial charge in [-0.3, -0.25) is 0 Å². The van der Waals surface area contributed by atoms with Crippen LogP contribution in [0.4, 0.5) is 13.2 Å². The third kappa shape index (κ3) is 4.84. The number of rotatable bonds is 3. The first-order valence-electron chi connectivity index (χ1n) is 7.33. The normalized spacial score (nSPS) is 11.7. The summed E-state index contributed by atoms with van der Waals surface area (Å²) in [6, 6.07) is 9.59. The summed E-state index contributed by atoms with van der Waals surface area (Å²) in [7, 11) is -3.77. The maximum absolute atomic E-state index is 12.9. The number of benzene rings is 2. The summed E-state index contributed by atoms with van der Waals surface area (Å²) in [5, 5.41) is 0. The van der Waals surface area contributed by atoms with Crippen molar-refractivity contribution in [3.8, 4) is 11.8 Å². The van der Waals surface area contributed by atoms with Crippen molar-refractivity contribution >= 4 is 10.0 Å². The third-order valence-electron chi connectivity index (χ3n) is 3.59. The molecule has 2 aromatic rings. The van der Waals surface area contributed by atoms with Crippen molar-refractivity contribution in [3.63, 3.8) is 0 Å². The molecule has 0 aliphatic carbocycles. The molecule has 25 heavy (non-hydrogen) atoms. The van der Waals surface area contributed by atoms with Gasteiger partial charge in [-0.25, -0.2) is 8.42 Å². The molecule has 0 heterocycles. The Labute approximate surface area is 144 Å². The van der Waals surface area contributed by atoms with E-state index in [0.29, 0.717) is 0 Å². The molecule has 132 valence electrons. The topological polar surface area (TPSA) is 46.2 Å². The molecule has 0 saturated carbocycles. The number of alkyl halides is 3. The van der Waals surface area contributed by atoms with E-state index in [0.717, 1.165) is 17.2 Å². The molecule has 1 N–H and O–H groups in total. The molecular formula is C18H16F3NO2S. The highest BCUT2D eigenvalue weighted by molar-refractivity contribution is 7.89. The second kappa shape index (κ2) is 7.30. The number of aryl methyl sites for hydroxylation is 2. The number of hydrogen-bond acceptors (Lipinski definition) is 2. The number of sulfonamides is 1. The van der Waals surface area contributed by atoms with Crippen LogP contribution in [-0.4, -0.2) is 15.0 Å². The second-order valence-electron chi connectivity index (χ2n) is 5.42. The zero-order valence-electron chi connectivity index (χ0n) is 13.6. The summed E-state index contributed by atoms with van der Waals surface area (Å²) in [5.41, 5.74) is 0.746. The van der Waals surface area contributed by atoms with E-state index in [4.69, 9.17) is 0 Å². The molecule has 0 saturated heterocycles. The molecule has 0 unspecified atom stereocenters. The van der Waals surface area contributed by atoms with E-state index in [-0.39, 0.29) is 17.0 Å². The lowest BCUT2D eigenvalue weighted by Crippen LogP contribution is -2.24. The molecule has 2 aromatic carbocycles. The first kappa shape index (κ1) is 19.0. The van der Waals surface area contributed by atoms with Crippen molar-refractivity contribution in [2.45, 2.75) is 24.9 Å². The Kier molecular flexibility index (Phi) is 5.55. The van der Waals surface area contributed by atoms with Gasteiger partial charge in [0.25, 0.3) is 0 Å². The molecule has 0 amide bonds. The maximum atomic E-state index is 12.9. The fraction of sp³-hybridized carbons (Fsp3) is 0.222. The van der Waals surface area contributed by atoms with E-state index < -0.39 is 21.8 Å². The Morgan fingerprint density at radius 3 is 2.36 bits per heavy atom. The summed E-state index contributed by atoms with van der Waals surface area (Å²) in [6.07, 6.45) is -4.51. The minimum absolute atomic E-state index is 0.0908.